The zero-order chi connectivity index (χ0) is 13.0. The molecule has 1 fully saturated rings. The Labute approximate surface area is 100 Å². The average molecular weight is 245 g/mol. The van der Waals surface area contributed by atoms with Crippen molar-refractivity contribution in [2.75, 3.05) is 26.9 Å². The van der Waals surface area contributed by atoms with Gasteiger partial charge in [-0.2, -0.15) is 0 Å². The number of likely N-dealkylation sites (N-methyl/N-ethyl adjacent to an activating group) is 1. The molecule has 17 heavy (non-hydrogen) atoms. The summed E-state index contributed by atoms with van der Waals surface area (Å²) in [6.45, 7) is 4.58. The third kappa shape index (κ3) is 3.59. The minimum Gasteiger partial charge on any atom is -0.481 e. The molecule has 0 aromatic rings. The van der Waals surface area contributed by atoms with Gasteiger partial charge in [-0.3, -0.25) is 4.79 Å². The lowest BCUT2D eigenvalue weighted by Crippen LogP contribution is -2.44. The number of ether oxygens (including phenoxy) is 2. The Bertz CT molecular complexity index is 292. The number of carboxylic acids is 1. The van der Waals surface area contributed by atoms with E-state index >= 15 is 0 Å². The van der Waals surface area contributed by atoms with Gasteiger partial charge in [0.1, 0.15) is 5.92 Å². The molecule has 1 amide bonds. The topological polar surface area (TPSA) is 76.1 Å². The summed E-state index contributed by atoms with van der Waals surface area (Å²) in [4.78, 5) is 23.9. The Morgan fingerprint density at radius 1 is 1.47 bits per heavy atom. The van der Waals surface area contributed by atoms with E-state index in [1.54, 1.807) is 0 Å². The van der Waals surface area contributed by atoms with E-state index in [9.17, 15) is 9.59 Å². The van der Waals surface area contributed by atoms with E-state index in [0.717, 1.165) is 0 Å². The summed E-state index contributed by atoms with van der Waals surface area (Å²) in [6.07, 6.45) is -0.500. The summed E-state index contributed by atoms with van der Waals surface area (Å²) >= 11 is 0. The highest BCUT2D eigenvalue weighted by atomic mass is 16.6. The van der Waals surface area contributed by atoms with Crippen LogP contribution in [0, 0.1) is 11.8 Å². The first-order valence-corrected chi connectivity index (χ1v) is 5.63. The van der Waals surface area contributed by atoms with Crippen LogP contribution < -0.4 is 0 Å². The first-order chi connectivity index (χ1) is 7.93. The Morgan fingerprint density at radius 3 is 2.65 bits per heavy atom. The van der Waals surface area contributed by atoms with Crippen LogP contribution in [0.25, 0.3) is 0 Å². The molecule has 0 saturated carbocycles. The van der Waals surface area contributed by atoms with Gasteiger partial charge in [-0.05, 0) is 5.92 Å². The van der Waals surface area contributed by atoms with Gasteiger partial charge in [0.15, 0.2) is 0 Å². The molecule has 0 aromatic carbocycles. The number of carbonyl (C=O) groups is 2. The maximum absolute atomic E-state index is 11.7. The highest BCUT2D eigenvalue weighted by Crippen LogP contribution is 2.19. The lowest BCUT2D eigenvalue weighted by atomic mass is 10.0. The van der Waals surface area contributed by atoms with Crippen molar-refractivity contribution in [1.82, 2.24) is 4.90 Å². The van der Waals surface area contributed by atoms with E-state index < -0.39 is 24.0 Å². The molecule has 1 saturated heterocycles. The second kappa shape index (κ2) is 5.86. The van der Waals surface area contributed by atoms with E-state index in [4.69, 9.17) is 14.6 Å². The standard InChI is InChI=1S/C11H19NO5/c1-7(2)4-17-11(15)12(3)9-6-16-5-8(9)10(13)14/h7-9H,4-6H2,1-3H3,(H,13,14). The molecule has 1 aliphatic rings. The van der Waals surface area contributed by atoms with Crippen molar-refractivity contribution in [2.24, 2.45) is 11.8 Å². The second-order valence-corrected chi connectivity index (χ2v) is 4.63. The maximum Gasteiger partial charge on any atom is 0.409 e. The summed E-state index contributed by atoms with van der Waals surface area (Å²) in [5, 5.41) is 8.97. The highest BCUT2D eigenvalue weighted by Gasteiger charge is 2.39. The van der Waals surface area contributed by atoms with Gasteiger partial charge in [-0.15, -0.1) is 0 Å². The van der Waals surface area contributed by atoms with Gasteiger partial charge in [0.2, 0.25) is 0 Å². The molecule has 2 unspecified atom stereocenters. The van der Waals surface area contributed by atoms with Gasteiger partial charge < -0.3 is 19.5 Å². The van der Waals surface area contributed by atoms with E-state index in [0.29, 0.717) is 6.61 Å². The smallest absolute Gasteiger partial charge is 0.409 e. The number of amides is 1. The maximum atomic E-state index is 11.7. The molecule has 0 radical (unpaired) electrons. The van der Waals surface area contributed by atoms with Crippen molar-refractivity contribution < 1.29 is 24.2 Å². The van der Waals surface area contributed by atoms with Gasteiger partial charge in [0.05, 0.1) is 25.9 Å². The molecule has 0 spiro atoms. The molecule has 2 atom stereocenters. The molecule has 1 rings (SSSR count). The van der Waals surface area contributed by atoms with Crippen molar-refractivity contribution in [3.05, 3.63) is 0 Å². The Hall–Kier alpha value is -1.30. The Kier molecular flexibility index (Phi) is 4.74. The van der Waals surface area contributed by atoms with Crippen molar-refractivity contribution in [3.63, 3.8) is 0 Å². The van der Waals surface area contributed by atoms with Crippen LogP contribution in [0.3, 0.4) is 0 Å². The lowest BCUT2D eigenvalue weighted by Gasteiger charge is -2.25. The zero-order valence-electron chi connectivity index (χ0n) is 10.4. The van der Waals surface area contributed by atoms with Crippen LogP contribution in [0.2, 0.25) is 0 Å². The molecule has 6 heteroatoms. The summed E-state index contributed by atoms with van der Waals surface area (Å²) < 4.78 is 10.1. The van der Waals surface area contributed by atoms with E-state index in [2.05, 4.69) is 0 Å². The molecule has 6 nitrogen and oxygen atoms in total. The van der Waals surface area contributed by atoms with E-state index in [1.165, 1.54) is 11.9 Å². The minimum atomic E-state index is -0.948. The molecule has 0 bridgehead atoms. The van der Waals surface area contributed by atoms with Crippen LogP contribution >= 0.6 is 0 Å². The fourth-order valence-corrected chi connectivity index (χ4v) is 1.64. The fourth-order valence-electron chi connectivity index (χ4n) is 1.64. The summed E-state index contributed by atoms with van der Waals surface area (Å²) in [5.41, 5.74) is 0. The fraction of sp³-hybridized carbons (Fsp3) is 0.818. The van der Waals surface area contributed by atoms with Crippen LogP contribution in [-0.4, -0.2) is 55.0 Å². The van der Waals surface area contributed by atoms with Crippen molar-refractivity contribution >= 4 is 12.1 Å². The summed E-state index contributed by atoms with van der Waals surface area (Å²) in [6, 6.07) is -0.452. The molecule has 0 aliphatic carbocycles. The third-order valence-electron chi connectivity index (χ3n) is 2.69. The average Bonchev–Trinajstić information content (AvgIpc) is 2.73. The van der Waals surface area contributed by atoms with Crippen LogP contribution in [0.15, 0.2) is 0 Å². The SMILES string of the molecule is CC(C)COC(=O)N(C)C1COCC1C(=O)O. The van der Waals surface area contributed by atoms with Crippen molar-refractivity contribution in [1.29, 1.82) is 0 Å². The Morgan fingerprint density at radius 2 is 2.12 bits per heavy atom. The number of nitrogens with zero attached hydrogens (tertiary/aromatic N) is 1. The van der Waals surface area contributed by atoms with Crippen molar-refractivity contribution in [3.8, 4) is 0 Å². The van der Waals surface area contributed by atoms with Crippen molar-refractivity contribution in [2.45, 2.75) is 19.9 Å². The van der Waals surface area contributed by atoms with Gasteiger partial charge in [0.25, 0.3) is 0 Å². The van der Waals surface area contributed by atoms with Crippen LogP contribution in [0.5, 0.6) is 0 Å². The number of aliphatic carboxylic acids is 1. The first kappa shape index (κ1) is 13.8. The van der Waals surface area contributed by atoms with Crippen LogP contribution in [-0.2, 0) is 14.3 Å². The van der Waals surface area contributed by atoms with Gasteiger partial charge >= 0.3 is 12.1 Å². The van der Waals surface area contributed by atoms with Crippen LogP contribution in [0.4, 0.5) is 4.79 Å². The highest BCUT2D eigenvalue weighted by molar-refractivity contribution is 5.74. The number of hydrogen-bond acceptors (Lipinski definition) is 4. The zero-order valence-corrected chi connectivity index (χ0v) is 10.4. The predicted molar refractivity (Wildman–Crippen MR) is 59.7 cm³/mol. The number of hydrogen-bond donors (Lipinski definition) is 1. The third-order valence-corrected chi connectivity index (χ3v) is 2.69. The Balaban J connectivity index is 2.53. The number of carbonyl (C=O) groups excluding carboxylic acids is 1. The van der Waals surface area contributed by atoms with Crippen LogP contribution in [0.1, 0.15) is 13.8 Å². The molecule has 0 aromatic heterocycles. The van der Waals surface area contributed by atoms with Gasteiger partial charge in [-0.1, -0.05) is 13.8 Å². The number of carboxylic acid groups (broad SMARTS) is 1. The predicted octanol–water partition coefficient (Wildman–Crippen LogP) is 0.810. The quantitative estimate of drug-likeness (QED) is 0.793. The van der Waals surface area contributed by atoms with Gasteiger partial charge in [-0.25, -0.2) is 4.79 Å². The van der Waals surface area contributed by atoms with Gasteiger partial charge in [0, 0.05) is 7.05 Å². The summed E-state index contributed by atoms with van der Waals surface area (Å²) in [7, 11) is 1.54. The molecule has 1 heterocycles. The van der Waals surface area contributed by atoms with E-state index in [1.807, 2.05) is 13.8 Å². The minimum absolute atomic E-state index is 0.141. The molecule has 1 N–H and O–H groups in total. The second-order valence-electron chi connectivity index (χ2n) is 4.63. The largest absolute Gasteiger partial charge is 0.481 e. The lowest BCUT2D eigenvalue weighted by molar-refractivity contribution is -0.142. The monoisotopic (exact) mass is 245 g/mol. The summed E-state index contributed by atoms with van der Waals surface area (Å²) in [5.74, 6) is -1.37. The molecular weight excluding hydrogens is 226 g/mol. The molecular formula is C11H19NO5. The van der Waals surface area contributed by atoms with E-state index in [-0.39, 0.29) is 19.1 Å². The first-order valence-electron chi connectivity index (χ1n) is 5.63. The number of rotatable bonds is 4. The molecule has 98 valence electrons. The normalized spacial score (nSPS) is 23.8. The molecule has 1 aliphatic heterocycles.